The Hall–Kier alpha value is -4.74. The smallest absolute Gasteiger partial charge is 0.181 e. The van der Waals surface area contributed by atoms with E-state index in [-0.39, 0.29) is 5.82 Å². The SMILES string of the molecule is C=N/C=C(\C=C(/C)c1cnc2n[nH]c(-c3nc4c(-c5cc(F)cc(N6CCOCC6)c5)cncc4[nH]3)c2c1)CN(C)C. The van der Waals surface area contributed by atoms with E-state index in [4.69, 9.17) is 9.72 Å². The zero-order chi connectivity index (χ0) is 29.2. The summed E-state index contributed by atoms with van der Waals surface area (Å²) in [7, 11) is 4.02. The van der Waals surface area contributed by atoms with Crippen LogP contribution < -0.4 is 4.90 Å². The van der Waals surface area contributed by atoms with Crippen LogP contribution in [0, 0.1) is 5.82 Å². The number of anilines is 1. The fraction of sp³-hybridized carbons (Fsp3) is 0.258. The van der Waals surface area contributed by atoms with Crippen LogP contribution in [0.2, 0.25) is 0 Å². The van der Waals surface area contributed by atoms with Crippen LogP contribution in [0.5, 0.6) is 0 Å². The van der Waals surface area contributed by atoms with Crippen LogP contribution in [0.3, 0.4) is 0 Å². The molecule has 1 aromatic carbocycles. The Labute approximate surface area is 242 Å². The van der Waals surface area contributed by atoms with E-state index in [1.165, 1.54) is 6.07 Å². The van der Waals surface area contributed by atoms with Crippen LogP contribution in [-0.4, -0.2) is 88.7 Å². The summed E-state index contributed by atoms with van der Waals surface area (Å²) < 4.78 is 20.3. The molecule has 6 rings (SSSR count). The number of hydrogen-bond donors (Lipinski definition) is 2. The molecule has 1 fully saturated rings. The van der Waals surface area contributed by atoms with Gasteiger partial charge in [0.25, 0.3) is 0 Å². The number of ether oxygens (including phenoxy) is 1. The molecule has 11 heteroatoms. The van der Waals surface area contributed by atoms with E-state index in [1.54, 1.807) is 24.7 Å². The minimum Gasteiger partial charge on any atom is -0.378 e. The maximum atomic E-state index is 14.8. The number of pyridine rings is 2. The third kappa shape index (κ3) is 5.56. The Kier molecular flexibility index (Phi) is 7.60. The Bertz CT molecular complexity index is 1830. The average Bonchev–Trinajstić information content (AvgIpc) is 3.61. The van der Waals surface area contributed by atoms with Crippen LogP contribution in [0.1, 0.15) is 12.5 Å². The van der Waals surface area contributed by atoms with Crippen molar-refractivity contribution < 1.29 is 9.13 Å². The normalized spacial score (nSPS) is 14.8. The summed E-state index contributed by atoms with van der Waals surface area (Å²) in [5.74, 6) is 0.284. The number of aliphatic imine (C=N–C) groups is 1. The summed E-state index contributed by atoms with van der Waals surface area (Å²) in [5.41, 5.74) is 8.00. The van der Waals surface area contributed by atoms with E-state index in [1.807, 2.05) is 33.3 Å². The van der Waals surface area contributed by atoms with Crippen molar-refractivity contribution in [3.8, 4) is 22.6 Å². The maximum absolute atomic E-state index is 14.8. The first-order valence-electron chi connectivity index (χ1n) is 13.7. The minimum absolute atomic E-state index is 0.309. The number of aromatic nitrogens is 6. The van der Waals surface area contributed by atoms with Gasteiger partial charge in [-0.25, -0.2) is 14.4 Å². The Balaban J connectivity index is 1.39. The summed E-state index contributed by atoms with van der Waals surface area (Å²) in [5, 5.41) is 8.34. The van der Waals surface area contributed by atoms with Crippen molar-refractivity contribution in [2.45, 2.75) is 6.92 Å². The molecule has 1 aliphatic rings. The lowest BCUT2D eigenvalue weighted by atomic mass is 10.0. The van der Waals surface area contributed by atoms with Gasteiger partial charge in [-0.1, -0.05) is 6.08 Å². The molecule has 5 heterocycles. The predicted molar refractivity (Wildman–Crippen MR) is 165 cm³/mol. The van der Waals surface area contributed by atoms with Crippen LogP contribution >= 0.6 is 0 Å². The molecule has 0 bridgehead atoms. The highest BCUT2D eigenvalue weighted by Crippen LogP contribution is 2.33. The van der Waals surface area contributed by atoms with Crippen molar-refractivity contribution in [3.63, 3.8) is 0 Å². The van der Waals surface area contributed by atoms with Gasteiger partial charge in [0.1, 0.15) is 11.5 Å². The molecule has 0 unspecified atom stereocenters. The summed E-state index contributed by atoms with van der Waals surface area (Å²) >= 11 is 0. The van der Waals surface area contributed by atoms with Crippen molar-refractivity contribution in [1.82, 2.24) is 35.0 Å². The highest BCUT2D eigenvalue weighted by molar-refractivity contribution is 5.96. The topological polar surface area (TPSA) is 111 Å². The number of morpholine rings is 1. The number of aromatic amines is 2. The standard InChI is InChI=1S/C31H32FN9O/c1-19(9-20(14-33-2)18-40(3)4)22-12-25-29(38-39-30(25)35-15-22)31-36-27-17-34-16-26(28(27)37-31)21-10-23(32)13-24(11-21)41-5-7-42-8-6-41/h9-17H,2,5-8,18H2,1,3-4H3,(H,36,37)(H,35,38,39)/b19-9+,20-14+. The van der Waals surface area contributed by atoms with E-state index >= 15 is 0 Å². The van der Waals surface area contributed by atoms with Gasteiger partial charge in [-0.05, 0) is 74.3 Å². The van der Waals surface area contributed by atoms with Crippen LogP contribution in [0.25, 0.3) is 50.3 Å². The molecule has 5 aromatic rings. The lowest BCUT2D eigenvalue weighted by Gasteiger charge is -2.29. The molecule has 0 spiro atoms. The number of nitrogens with one attached hydrogen (secondary N) is 2. The molecule has 0 aliphatic carbocycles. The van der Waals surface area contributed by atoms with E-state index in [0.29, 0.717) is 54.5 Å². The first-order valence-corrected chi connectivity index (χ1v) is 13.7. The third-order valence-electron chi connectivity index (χ3n) is 7.22. The molecule has 214 valence electrons. The number of halogens is 1. The van der Waals surface area contributed by atoms with Crippen molar-refractivity contribution in [3.05, 3.63) is 72.1 Å². The summed E-state index contributed by atoms with van der Waals surface area (Å²) in [6.07, 6.45) is 9.10. The molecule has 4 aromatic heterocycles. The molecule has 0 saturated carbocycles. The van der Waals surface area contributed by atoms with E-state index in [2.05, 4.69) is 58.8 Å². The first-order chi connectivity index (χ1) is 20.4. The van der Waals surface area contributed by atoms with Crippen molar-refractivity contribution in [1.29, 1.82) is 0 Å². The number of nitrogens with zero attached hydrogens (tertiary/aromatic N) is 7. The van der Waals surface area contributed by atoms with Crippen LogP contribution in [0.15, 0.2) is 65.7 Å². The molecular weight excluding hydrogens is 533 g/mol. The third-order valence-corrected chi connectivity index (χ3v) is 7.22. The lowest BCUT2D eigenvalue weighted by molar-refractivity contribution is 0.122. The molecule has 1 saturated heterocycles. The summed E-state index contributed by atoms with van der Waals surface area (Å²) in [4.78, 5) is 25.5. The quantitative estimate of drug-likeness (QED) is 0.199. The van der Waals surface area contributed by atoms with Gasteiger partial charge < -0.3 is 19.5 Å². The van der Waals surface area contributed by atoms with Crippen molar-refractivity contribution in [2.24, 2.45) is 4.99 Å². The number of benzene rings is 1. The molecule has 0 atom stereocenters. The Morgan fingerprint density at radius 3 is 2.79 bits per heavy atom. The number of fused-ring (bicyclic) bond motifs is 2. The van der Waals surface area contributed by atoms with Crippen LogP contribution in [0.4, 0.5) is 10.1 Å². The maximum Gasteiger partial charge on any atom is 0.181 e. The Morgan fingerprint density at radius 1 is 1.17 bits per heavy atom. The van der Waals surface area contributed by atoms with E-state index in [0.717, 1.165) is 45.4 Å². The fourth-order valence-electron chi connectivity index (χ4n) is 5.26. The largest absolute Gasteiger partial charge is 0.378 e. The van der Waals surface area contributed by atoms with Crippen LogP contribution in [-0.2, 0) is 4.74 Å². The molecular formula is C31H32FN9O. The molecule has 2 N–H and O–H groups in total. The molecule has 0 amide bonds. The average molecular weight is 566 g/mol. The second-order valence-electron chi connectivity index (χ2n) is 10.6. The van der Waals surface area contributed by atoms with Gasteiger partial charge in [-0.3, -0.25) is 15.1 Å². The number of H-pyrrole nitrogens is 2. The molecule has 10 nitrogen and oxygen atoms in total. The number of imidazole rings is 1. The number of allylic oxidation sites excluding steroid dienone is 1. The number of hydrogen-bond acceptors (Lipinski definition) is 8. The van der Waals surface area contributed by atoms with Gasteiger partial charge in [0.2, 0.25) is 0 Å². The van der Waals surface area contributed by atoms with Gasteiger partial charge in [0.15, 0.2) is 11.5 Å². The zero-order valence-corrected chi connectivity index (χ0v) is 23.9. The Morgan fingerprint density at radius 2 is 2.00 bits per heavy atom. The summed E-state index contributed by atoms with van der Waals surface area (Å²) in [6, 6.07) is 7.11. The highest BCUT2D eigenvalue weighted by Gasteiger charge is 2.18. The molecule has 42 heavy (non-hydrogen) atoms. The van der Waals surface area contributed by atoms with Gasteiger partial charge in [0.05, 0.1) is 35.8 Å². The minimum atomic E-state index is -0.309. The van der Waals surface area contributed by atoms with Gasteiger partial charge in [-0.15, -0.1) is 0 Å². The second kappa shape index (κ2) is 11.6. The first kappa shape index (κ1) is 27.4. The van der Waals surface area contributed by atoms with Crippen molar-refractivity contribution in [2.75, 3.05) is 51.8 Å². The second-order valence-corrected chi connectivity index (χ2v) is 10.6. The molecule has 1 aliphatic heterocycles. The lowest BCUT2D eigenvalue weighted by Crippen LogP contribution is -2.36. The number of likely N-dealkylation sites (N-methyl/N-ethyl adjacent to an activating group) is 1. The molecule has 0 radical (unpaired) electrons. The predicted octanol–water partition coefficient (Wildman–Crippen LogP) is 5.09. The fourth-order valence-corrected chi connectivity index (χ4v) is 5.26. The van der Waals surface area contributed by atoms with E-state index < -0.39 is 0 Å². The van der Waals surface area contributed by atoms with E-state index in [9.17, 15) is 4.39 Å². The monoisotopic (exact) mass is 565 g/mol. The number of rotatable bonds is 8. The van der Waals surface area contributed by atoms with Crippen molar-refractivity contribution >= 4 is 40.0 Å². The van der Waals surface area contributed by atoms with Gasteiger partial charge in [-0.2, -0.15) is 5.10 Å². The van der Waals surface area contributed by atoms with Gasteiger partial charge >= 0.3 is 0 Å². The summed E-state index contributed by atoms with van der Waals surface area (Å²) in [6.45, 7) is 9.05. The highest BCUT2D eigenvalue weighted by atomic mass is 19.1. The van der Waals surface area contributed by atoms with Gasteiger partial charge in [0, 0.05) is 49.5 Å². The zero-order valence-electron chi connectivity index (χ0n) is 23.9.